The van der Waals surface area contributed by atoms with Gasteiger partial charge in [0.2, 0.25) is 0 Å². The van der Waals surface area contributed by atoms with Gasteiger partial charge in [0.15, 0.2) is 0 Å². The fourth-order valence-electron chi connectivity index (χ4n) is 1.67. The van der Waals surface area contributed by atoms with Crippen LogP contribution in [0.3, 0.4) is 0 Å². The number of hydroxylamine groups is 4. The third kappa shape index (κ3) is 3.47. The maximum Gasteiger partial charge on any atom is 0.434 e. The molecule has 0 spiro atoms. The monoisotopic (exact) mass is 332 g/mol. The molecule has 3 amide bonds. The second-order valence-electron chi connectivity index (χ2n) is 3.88. The van der Waals surface area contributed by atoms with Gasteiger partial charge in [-0.05, 0) is 0 Å². The summed E-state index contributed by atoms with van der Waals surface area (Å²) in [5.41, 5.74) is 0. The summed E-state index contributed by atoms with van der Waals surface area (Å²) in [6.45, 7) is 1.23. The van der Waals surface area contributed by atoms with Crippen LogP contribution in [0.4, 0.5) is 4.79 Å². The summed E-state index contributed by atoms with van der Waals surface area (Å²) in [5.74, 6) is -0.992. The van der Waals surface area contributed by atoms with Crippen LogP contribution < -0.4 is 0 Å². The molecule has 1 N–H and O–H groups in total. The molecule has 97 valence electrons. The smallest absolute Gasteiger partial charge is 0.314 e. The van der Waals surface area contributed by atoms with E-state index in [1.54, 1.807) is 0 Å². The summed E-state index contributed by atoms with van der Waals surface area (Å²) >= 11 is 0. The number of carbonyl (C=O) groups excluding carboxylic acids is 3. The van der Waals surface area contributed by atoms with Crippen LogP contribution in [-0.2, 0) is 47.1 Å². The molecule has 0 unspecified atom stereocenters. The van der Waals surface area contributed by atoms with E-state index in [1.165, 1.54) is 4.90 Å². The Morgan fingerprint density at radius 3 is 2.06 bits per heavy atom. The Hall–Kier alpha value is -0.566. The van der Waals surface area contributed by atoms with E-state index < -0.39 is 17.9 Å². The SMILES string of the molecule is O=C(ON1C(=O)CCC1=O)N1CCN(O)CC1.[Y]. The first-order valence-corrected chi connectivity index (χ1v) is 5.34. The van der Waals surface area contributed by atoms with Crippen molar-refractivity contribution < 1.29 is 57.1 Å². The molecule has 9 heteroatoms. The van der Waals surface area contributed by atoms with E-state index in [4.69, 9.17) is 10.0 Å². The summed E-state index contributed by atoms with van der Waals surface area (Å²) in [4.78, 5) is 40.1. The number of imide groups is 1. The van der Waals surface area contributed by atoms with Crippen LogP contribution in [0.1, 0.15) is 12.8 Å². The molecule has 18 heavy (non-hydrogen) atoms. The minimum absolute atomic E-state index is 0. The first-order valence-electron chi connectivity index (χ1n) is 5.34. The van der Waals surface area contributed by atoms with Crippen molar-refractivity contribution in [3.63, 3.8) is 0 Å². The normalized spacial score (nSPS) is 20.9. The van der Waals surface area contributed by atoms with Gasteiger partial charge in [-0.1, -0.05) is 0 Å². The molecule has 2 rings (SSSR count). The Kier molecular flexibility index (Phi) is 5.64. The summed E-state index contributed by atoms with van der Waals surface area (Å²) in [6, 6.07) is 0. The fraction of sp³-hybridized carbons (Fsp3) is 0.667. The molecule has 0 saturated carbocycles. The van der Waals surface area contributed by atoms with E-state index in [2.05, 4.69) is 0 Å². The molecule has 2 aliphatic heterocycles. The molecular formula is C9H13N3O5Y. The van der Waals surface area contributed by atoms with E-state index in [0.29, 0.717) is 31.2 Å². The van der Waals surface area contributed by atoms with Crippen molar-refractivity contribution in [1.82, 2.24) is 15.0 Å². The van der Waals surface area contributed by atoms with Crippen LogP contribution in [-0.4, -0.2) is 64.3 Å². The van der Waals surface area contributed by atoms with Crippen LogP contribution in [0.5, 0.6) is 0 Å². The first kappa shape index (κ1) is 15.5. The van der Waals surface area contributed by atoms with E-state index in [0.717, 1.165) is 5.06 Å². The Labute approximate surface area is 129 Å². The summed E-state index contributed by atoms with van der Waals surface area (Å²) < 4.78 is 0. The third-order valence-electron chi connectivity index (χ3n) is 2.69. The number of piperazine rings is 1. The zero-order chi connectivity index (χ0) is 12.4. The zero-order valence-electron chi connectivity index (χ0n) is 9.74. The van der Waals surface area contributed by atoms with E-state index in [-0.39, 0.29) is 45.6 Å². The van der Waals surface area contributed by atoms with Gasteiger partial charge in [0.05, 0.1) is 0 Å². The number of nitrogens with zero attached hydrogens (tertiary/aromatic N) is 3. The Balaban J connectivity index is 0.00000162. The average Bonchev–Trinajstić information content (AvgIpc) is 2.61. The minimum Gasteiger partial charge on any atom is -0.314 e. The number of rotatable bonds is 1. The fourth-order valence-corrected chi connectivity index (χ4v) is 1.67. The largest absolute Gasteiger partial charge is 0.434 e. The van der Waals surface area contributed by atoms with Crippen molar-refractivity contribution in [1.29, 1.82) is 0 Å². The molecule has 2 aliphatic rings. The quantitative estimate of drug-likeness (QED) is 0.632. The molecule has 0 aliphatic carbocycles. The van der Waals surface area contributed by atoms with Gasteiger partial charge in [0.25, 0.3) is 11.8 Å². The molecule has 0 aromatic heterocycles. The number of hydrogen-bond donors (Lipinski definition) is 1. The summed E-state index contributed by atoms with van der Waals surface area (Å²) in [5, 5.41) is 10.7. The van der Waals surface area contributed by atoms with Crippen LogP contribution in [0.15, 0.2) is 0 Å². The molecule has 0 bridgehead atoms. The maximum absolute atomic E-state index is 11.6. The number of hydrogen-bond acceptors (Lipinski definition) is 6. The van der Waals surface area contributed by atoms with E-state index in [1.807, 2.05) is 0 Å². The van der Waals surface area contributed by atoms with Crippen molar-refractivity contribution in [2.45, 2.75) is 12.8 Å². The number of amides is 3. The first-order chi connectivity index (χ1) is 8.08. The molecule has 0 atom stereocenters. The molecule has 2 fully saturated rings. The molecule has 2 heterocycles. The van der Waals surface area contributed by atoms with Gasteiger partial charge in [-0.3, -0.25) is 9.59 Å². The van der Waals surface area contributed by atoms with Crippen molar-refractivity contribution >= 4 is 17.9 Å². The number of carbonyl (C=O) groups is 3. The van der Waals surface area contributed by atoms with E-state index >= 15 is 0 Å². The molecule has 2 saturated heterocycles. The van der Waals surface area contributed by atoms with Crippen molar-refractivity contribution in [3.05, 3.63) is 0 Å². The Morgan fingerprint density at radius 1 is 1.06 bits per heavy atom. The van der Waals surface area contributed by atoms with Gasteiger partial charge < -0.3 is 14.9 Å². The van der Waals surface area contributed by atoms with Gasteiger partial charge >= 0.3 is 6.09 Å². The molecule has 1 radical (unpaired) electrons. The van der Waals surface area contributed by atoms with Crippen LogP contribution in [0.25, 0.3) is 0 Å². The van der Waals surface area contributed by atoms with Crippen molar-refractivity contribution in [2.75, 3.05) is 26.2 Å². The topological polar surface area (TPSA) is 90.4 Å². The summed E-state index contributed by atoms with van der Waals surface area (Å²) in [7, 11) is 0. The Morgan fingerprint density at radius 2 is 1.56 bits per heavy atom. The molecule has 0 aromatic rings. The van der Waals surface area contributed by atoms with Gasteiger partial charge in [-0.25, -0.2) is 4.79 Å². The van der Waals surface area contributed by atoms with Crippen LogP contribution >= 0.6 is 0 Å². The third-order valence-corrected chi connectivity index (χ3v) is 2.69. The molecule has 8 nitrogen and oxygen atoms in total. The molecular weight excluding hydrogens is 319 g/mol. The summed E-state index contributed by atoms with van der Waals surface area (Å²) in [6.07, 6.45) is -0.575. The Bertz CT molecular complexity index is 340. The standard InChI is InChI=1S/C9H13N3O5.Y/c13-7-1-2-8(14)12(7)17-9(15)10-3-5-11(16)6-4-10;/h16H,1-6H2;. The van der Waals surface area contributed by atoms with Crippen LogP contribution in [0, 0.1) is 0 Å². The second kappa shape index (κ2) is 6.56. The van der Waals surface area contributed by atoms with Crippen molar-refractivity contribution in [2.24, 2.45) is 0 Å². The van der Waals surface area contributed by atoms with Gasteiger partial charge in [-0.15, -0.1) is 5.06 Å². The van der Waals surface area contributed by atoms with Crippen LogP contribution in [0.2, 0.25) is 0 Å². The zero-order valence-corrected chi connectivity index (χ0v) is 12.6. The van der Waals surface area contributed by atoms with Gasteiger partial charge in [0, 0.05) is 71.7 Å². The van der Waals surface area contributed by atoms with E-state index in [9.17, 15) is 14.4 Å². The average molecular weight is 332 g/mol. The minimum atomic E-state index is -0.735. The molecule has 0 aromatic carbocycles. The second-order valence-corrected chi connectivity index (χ2v) is 3.88. The van der Waals surface area contributed by atoms with Gasteiger partial charge in [0.1, 0.15) is 0 Å². The maximum atomic E-state index is 11.6. The van der Waals surface area contributed by atoms with Gasteiger partial charge in [-0.2, -0.15) is 5.06 Å². The predicted molar refractivity (Wildman–Crippen MR) is 52.5 cm³/mol. The van der Waals surface area contributed by atoms with Crippen molar-refractivity contribution in [3.8, 4) is 0 Å². The predicted octanol–water partition coefficient (Wildman–Crippen LogP) is -0.809.